The minimum atomic E-state index is 0. The van der Waals surface area contributed by atoms with E-state index in [2.05, 4.69) is 39.0 Å². The Morgan fingerprint density at radius 1 is 0.853 bits per heavy atom. The van der Waals surface area contributed by atoms with Gasteiger partial charge in [-0.15, -0.1) is 37.2 Å². The molecule has 4 heterocycles. The molecule has 1 saturated heterocycles. The van der Waals surface area contributed by atoms with Gasteiger partial charge >= 0.3 is 0 Å². The predicted octanol–water partition coefficient (Wildman–Crippen LogP) is 5.35. The van der Waals surface area contributed by atoms with Crippen LogP contribution in [0.3, 0.4) is 0 Å². The molecule has 1 unspecified atom stereocenters. The third kappa shape index (κ3) is 7.38. The number of halogens is 3. The summed E-state index contributed by atoms with van der Waals surface area (Å²) in [5, 5.41) is 0. The maximum Gasteiger partial charge on any atom is 0.231 e. The highest BCUT2D eigenvalue weighted by Crippen LogP contribution is 2.36. The molecular weight excluding hydrogens is 493 g/mol. The number of likely N-dealkylation sites (tertiary alicyclic amines) is 1. The third-order valence-electron chi connectivity index (χ3n) is 7.28. The largest absolute Gasteiger partial charge is 0.454 e. The monoisotopic (exact) mass is 529 g/mol. The second-order valence-corrected chi connectivity index (χ2v) is 9.25. The van der Waals surface area contributed by atoms with Crippen molar-refractivity contribution in [3.05, 3.63) is 53.3 Å². The van der Waals surface area contributed by atoms with E-state index in [1.54, 1.807) is 0 Å². The molecule has 0 spiro atoms. The van der Waals surface area contributed by atoms with Crippen LogP contribution in [0.15, 0.2) is 36.7 Å². The molecule has 5 nitrogen and oxygen atoms in total. The van der Waals surface area contributed by atoms with Crippen molar-refractivity contribution in [1.82, 2.24) is 14.8 Å². The maximum atomic E-state index is 5.59. The fraction of sp³-hybridized carbons (Fsp3) is 0.577. The van der Waals surface area contributed by atoms with Gasteiger partial charge in [-0.05, 0) is 106 Å². The van der Waals surface area contributed by atoms with E-state index >= 15 is 0 Å². The van der Waals surface area contributed by atoms with Crippen molar-refractivity contribution < 1.29 is 9.47 Å². The summed E-state index contributed by atoms with van der Waals surface area (Å²) in [4.78, 5) is 9.58. The van der Waals surface area contributed by atoms with Crippen LogP contribution < -0.4 is 9.47 Å². The summed E-state index contributed by atoms with van der Waals surface area (Å²) >= 11 is 0. The highest BCUT2D eigenvalue weighted by molar-refractivity contribution is 5.86. The van der Waals surface area contributed by atoms with Crippen molar-refractivity contribution in [1.29, 1.82) is 0 Å². The zero-order chi connectivity index (χ0) is 20.9. The van der Waals surface area contributed by atoms with Crippen molar-refractivity contribution in [3.8, 4) is 11.5 Å². The molecule has 0 radical (unpaired) electrons. The first kappa shape index (κ1) is 29.0. The summed E-state index contributed by atoms with van der Waals surface area (Å²) < 4.78 is 11.2. The lowest BCUT2D eigenvalue weighted by Gasteiger charge is -2.37. The van der Waals surface area contributed by atoms with Crippen molar-refractivity contribution in [2.45, 2.75) is 57.4 Å². The maximum absolute atomic E-state index is 5.59. The highest BCUT2D eigenvalue weighted by Gasteiger charge is 2.24. The lowest BCUT2D eigenvalue weighted by Crippen LogP contribution is -2.42. The second-order valence-electron chi connectivity index (χ2n) is 9.25. The highest BCUT2D eigenvalue weighted by atomic mass is 35.5. The molecule has 3 aliphatic heterocycles. The summed E-state index contributed by atoms with van der Waals surface area (Å²) in [5.74, 6) is 1.86. The van der Waals surface area contributed by atoms with Crippen LogP contribution in [0.2, 0.25) is 0 Å². The van der Waals surface area contributed by atoms with Gasteiger partial charge in [0, 0.05) is 31.5 Å². The molecule has 8 heteroatoms. The van der Waals surface area contributed by atoms with E-state index in [0.717, 1.165) is 49.9 Å². The van der Waals surface area contributed by atoms with Crippen LogP contribution >= 0.6 is 37.2 Å². The molecule has 190 valence electrons. The topological polar surface area (TPSA) is 37.8 Å². The van der Waals surface area contributed by atoms with E-state index in [1.807, 2.05) is 12.4 Å². The number of benzene rings is 1. The van der Waals surface area contributed by atoms with Gasteiger partial charge in [-0.3, -0.25) is 4.98 Å². The summed E-state index contributed by atoms with van der Waals surface area (Å²) in [6.07, 6.45) is 13.9. The number of rotatable bonds is 7. The summed E-state index contributed by atoms with van der Waals surface area (Å²) in [7, 11) is 0. The minimum absolute atomic E-state index is 0. The molecule has 5 rings (SSSR count). The molecule has 1 atom stereocenters. The SMILES string of the molecule is Cl.Cl.Cl.c1cc(CCCN2CCCCC2CCN2CCc3cc4c(cc3CC2)OCO4)ccn1. The zero-order valence-electron chi connectivity index (χ0n) is 19.8. The molecule has 3 aliphatic rings. The van der Waals surface area contributed by atoms with Crippen molar-refractivity contribution in [2.75, 3.05) is 39.5 Å². The van der Waals surface area contributed by atoms with Gasteiger partial charge in [-0.1, -0.05) is 6.42 Å². The smallest absolute Gasteiger partial charge is 0.231 e. The van der Waals surface area contributed by atoms with Gasteiger partial charge in [0.25, 0.3) is 0 Å². The Labute approximate surface area is 222 Å². The van der Waals surface area contributed by atoms with Crippen molar-refractivity contribution in [3.63, 3.8) is 0 Å². The number of pyridine rings is 1. The van der Waals surface area contributed by atoms with Gasteiger partial charge in [-0.25, -0.2) is 0 Å². The number of hydrogen-bond donors (Lipinski definition) is 0. The average Bonchev–Trinajstić information content (AvgIpc) is 3.17. The Hall–Kier alpha value is -1.24. The molecule has 0 aliphatic carbocycles. The van der Waals surface area contributed by atoms with Gasteiger partial charge in [0.15, 0.2) is 11.5 Å². The Bertz CT molecular complexity index is 837. The quantitative estimate of drug-likeness (QED) is 0.482. The van der Waals surface area contributed by atoms with Crippen LogP contribution in [0.5, 0.6) is 11.5 Å². The van der Waals surface area contributed by atoms with Gasteiger partial charge in [0.2, 0.25) is 6.79 Å². The van der Waals surface area contributed by atoms with Gasteiger partial charge in [0.05, 0.1) is 0 Å². The molecule has 0 amide bonds. The Morgan fingerprint density at radius 3 is 2.21 bits per heavy atom. The standard InChI is InChI=1S/C26H35N3O2.3ClH/c1-2-13-29(14-3-4-21-6-11-27-12-7-21)24(5-1)10-17-28-15-8-22-18-25-26(31-20-30-25)19-23(22)9-16-28;;;/h6-7,11-12,18-19,24H,1-5,8-10,13-17,20H2;3*1H. The van der Waals surface area contributed by atoms with Crippen LogP contribution in [0.1, 0.15) is 48.8 Å². The Balaban J connectivity index is 0.00000136. The Kier molecular flexibility index (Phi) is 12.2. The van der Waals surface area contributed by atoms with E-state index in [9.17, 15) is 0 Å². The van der Waals surface area contributed by atoms with E-state index in [4.69, 9.17) is 9.47 Å². The molecule has 34 heavy (non-hydrogen) atoms. The van der Waals surface area contributed by atoms with E-state index in [1.165, 1.54) is 68.4 Å². The molecular formula is C26H38Cl3N3O2. The number of nitrogens with zero attached hydrogens (tertiary/aromatic N) is 3. The number of ether oxygens (including phenoxy) is 2. The van der Waals surface area contributed by atoms with Gasteiger partial charge < -0.3 is 19.3 Å². The number of piperidine rings is 1. The number of aryl methyl sites for hydroxylation is 1. The lowest BCUT2D eigenvalue weighted by atomic mass is 9.98. The minimum Gasteiger partial charge on any atom is -0.454 e. The Morgan fingerprint density at radius 2 is 1.53 bits per heavy atom. The van der Waals surface area contributed by atoms with Crippen LogP contribution in [-0.2, 0) is 19.3 Å². The predicted molar refractivity (Wildman–Crippen MR) is 145 cm³/mol. The normalized spacial score (nSPS) is 19.7. The van der Waals surface area contributed by atoms with Crippen LogP contribution in [0.4, 0.5) is 0 Å². The van der Waals surface area contributed by atoms with E-state index in [0.29, 0.717) is 6.79 Å². The van der Waals surface area contributed by atoms with E-state index in [-0.39, 0.29) is 37.2 Å². The van der Waals surface area contributed by atoms with Crippen molar-refractivity contribution >= 4 is 37.2 Å². The number of fused-ring (bicyclic) bond motifs is 2. The first-order chi connectivity index (χ1) is 15.3. The zero-order valence-corrected chi connectivity index (χ0v) is 22.3. The second kappa shape index (κ2) is 14.4. The summed E-state index contributed by atoms with van der Waals surface area (Å²) in [6.45, 7) is 6.39. The fourth-order valence-electron chi connectivity index (χ4n) is 5.43. The van der Waals surface area contributed by atoms with Crippen LogP contribution in [0.25, 0.3) is 0 Å². The molecule has 1 aromatic heterocycles. The van der Waals surface area contributed by atoms with Gasteiger partial charge in [-0.2, -0.15) is 0 Å². The third-order valence-corrected chi connectivity index (χ3v) is 7.28. The molecule has 0 bridgehead atoms. The molecule has 1 aromatic carbocycles. The molecule has 2 aromatic rings. The molecule has 1 fully saturated rings. The fourth-order valence-corrected chi connectivity index (χ4v) is 5.43. The van der Waals surface area contributed by atoms with Crippen LogP contribution in [0, 0.1) is 0 Å². The van der Waals surface area contributed by atoms with E-state index < -0.39 is 0 Å². The summed E-state index contributed by atoms with van der Waals surface area (Å²) in [6, 6.07) is 9.48. The molecule has 0 saturated carbocycles. The lowest BCUT2D eigenvalue weighted by molar-refractivity contribution is 0.124. The molecule has 0 N–H and O–H groups in total. The van der Waals surface area contributed by atoms with Gasteiger partial charge in [0.1, 0.15) is 0 Å². The first-order valence-electron chi connectivity index (χ1n) is 12.1. The van der Waals surface area contributed by atoms with Crippen molar-refractivity contribution in [2.24, 2.45) is 0 Å². The average molecular weight is 531 g/mol. The first-order valence-corrected chi connectivity index (χ1v) is 12.1. The van der Waals surface area contributed by atoms with Crippen LogP contribution in [-0.4, -0.2) is 60.3 Å². The number of hydrogen-bond acceptors (Lipinski definition) is 5. The number of aromatic nitrogens is 1. The summed E-state index contributed by atoms with van der Waals surface area (Å²) in [5.41, 5.74) is 4.30.